The summed E-state index contributed by atoms with van der Waals surface area (Å²) in [5.41, 5.74) is 0.690. The van der Waals surface area contributed by atoms with Crippen LogP contribution in [0, 0.1) is 0 Å². The van der Waals surface area contributed by atoms with Crippen LogP contribution >= 0.6 is 0 Å². The fourth-order valence-electron chi connectivity index (χ4n) is 4.85. The molecule has 1 heterocycles. The molecule has 0 aliphatic carbocycles. The molecule has 2 aromatic rings. The van der Waals surface area contributed by atoms with Gasteiger partial charge in [0.05, 0.1) is 12.5 Å². The van der Waals surface area contributed by atoms with Crippen LogP contribution in [-0.4, -0.2) is 95.2 Å². The maximum atomic E-state index is 13.6. The molecule has 0 saturated carbocycles. The summed E-state index contributed by atoms with van der Waals surface area (Å²) in [5, 5.41) is 16.5. The van der Waals surface area contributed by atoms with Gasteiger partial charge in [-0.15, -0.1) is 0 Å². The summed E-state index contributed by atoms with van der Waals surface area (Å²) in [6, 6.07) is 14.5. The third-order valence-corrected chi connectivity index (χ3v) is 7.17. The van der Waals surface area contributed by atoms with Crippen LogP contribution in [0.5, 0.6) is 0 Å². The lowest BCUT2D eigenvalue weighted by Gasteiger charge is -2.32. The molecule has 1 aliphatic rings. The van der Waals surface area contributed by atoms with E-state index < -0.39 is 66.0 Å². The SMILES string of the molecule is CN(C)C(=O)CC(NC(=O)OCc1ccccc1)C(=O)NC(Cc1ccccc1)C(O)C(=O)N1CCCC1C(=O)OC(C)(C)C. The van der Waals surface area contributed by atoms with Gasteiger partial charge in [0.1, 0.15) is 24.3 Å². The van der Waals surface area contributed by atoms with Gasteiger partial charge >= 0.3 is 12.1 Å². The van der Waals surface area contributed by atoms with Gasteiger partial charge in [-0.3, -0.25) is 14.4 Å². The number of hydrogen-bond acceptors (Lipinski definition) is 8. The zero-order valence-electron chi connectivity index (χ0n) is 26.5. The Morgan fingerprint density at radius 2 is 1.56 bits per heavy atom. The van der Waals surface area contributed by atoms with Gasteiger partial charge in [-0.1, -0.05) is 60.7 Å². The topological polar surface area (TPSA) is 155 Å². The van der Waals surface area contributed by atoms with Gasteiger partial charge in [0.25, 0.3) is 5.91 Å². The van der Waals surface area contributed by atoms with Crippen molar-refractivity contribution >= 4 is 29.8 Å². The van der Waals surface area contributed by atoms with Crippen LogP contribution in [-0.2, 0) is 41.7 Å². The highest BCUT2D eigenvalue weighted by molar-refractivity contribution is 5.92. The maximum absolute atomic E-state index is 13.6. The number of nitrogens with zero attached hydrogens (tertiary/aromatic N) is 2. The molecule has 2 aromatic carbocycles. The first kappa shape index (κ1) is 35.0. The van der Waals surface area contributed by atoms with Gasteiger partial charge in [0, 0.05) is 20.6 Å². The highest BCUT2D eigenvalue weighted by Crippen LogP contribution is 2.23. The number of alkyl carbamates (subject to hydrolysis) is 1. The molecule has 244 valence electrons. The number of rotatable bonds is 12. The van der Waals surface area contributed by atoms with Crippen molar-refractivity contribution in [3.05, 3.63) is 71.8 Å². The highest BCUT2D eigenvalue weighted by Gasteiger charge is 2.41. The fraction of sp³-hybridized carbons (Fsp3) is 0.485. The second-order valence-electron chi connectivity index (χ2n) is 12.2. The zero-order valence-corrected chi connectivity index (χ0v) is 26.5. The Labute approximate surface area is 264 Å². The van der Waals surface area contributed by atoms with E-state index in [-0.39, 0.29) is 19.6 Å². The molecule has 3 N–H and O–H groups in total. The molecule has 12 heteroatoms. The number of carbonyl (C=O) groups excluding carboxylic acids is 5. The number of carbonyl (C=O) groups is 5. The number of aliphatic hydroxyl groups is 1. The summed E-state index contributed by atoms with van der Waals surface area (Å²) in [6.45, 7) is 5.38. The number of hydrogen-bond donors (Lipinski definition) is 3. The van der Waals surface area contributed by atoms with Gasteiger partial charge in [0.2, 0.25) is 11.8 Å². The molecule has 0 aromatic heterocycles. The molecule has 1 fully saturated rings. The van der Waals surface area contributed by atoms with Crippen LogP contribution in [0.15, 0.2) is 60.7 Å². The van der Waals surface area contributed by atoms with E-state index in [0.29, 0.717) is 12.8 Å². The molecule has 0 bridgehead atoms. The molecule has 1 saturated heterocycles. The van der Waals surface area contributed by atoms with E-state index in [2.05, 4.69) is 10.6 Å². The van der Waals surface area contributed by atoms with Crippen LogP contribution < -0.4 is 10.6 Å². The Hall–Kier alpha value is -4.45. The lowest BCUT2D eigenvalue weighted by molar-refractivity contribution is -0.165. The first-order valence-corrected chi connectivity index (χ1v) is 15.0. The Balaban J connectivity index is 1.80. The summed E-state index contributed by atoms with van der Waals surface area (Å²) in [6.07, 6.45) is -2.08. The average Bonchev–Trinajstić information content (AvgIpc) is 3.49. The standard InChI is InChI=1S/C33H44N4O8/c1-33(2,3)45-31(42)26-17-12-18-37(26)30(41)28(39)24(19-22-13-8-6-9-14-22)34-29(40)25(20-27(38)36(4)5)35-32(43)44-21-23-15-10-7-11-16-23/h6-11,13-16,24-26,28,39H,12,17-21H2,1-5H3,(H,34,40)(H,35,43). The van der Waals surface area contributed by atoms with E-state index in [1.165, 1.54) is 23.9 Å². The van der Waals surface area contributed by atoms with Crippen molar-refractivity contribution in [3.8, 4) is 0 Å². The molecule has 4 unspecified atom stereocenters. The van der Waals surface area contributed by atoms with Gasteiger partial charge in [-0.25, -0.2) is 9.59 Å². The van der Waals surface area contributed by atoms with Crippen LogP contribution in [0.25, 0.3) is 0 Å². The second kappa shape index (κ2) is 16.0. The minimum atomic E-state index is -1.74. The van der Waals surface area contributed by atoms with Crippen molar-refractivity contribution in [1.29, 1.82) is 0 Å². The van der Waals surface area contributed by atoms with Crippen molar-refractivity contribution < 1.29 is 38.6 Å². The maximum Gasteiger partial charge on any atom is 0.408 e. The fourth-order valence-corrected chi connectivity index (χ4v) is 4.85. The minimum absolute atomic E-state index is 0.0528. The largest absolute Gasteiger partial charge is 0.458 e. The molecular weight excluding hydrogens is 580 g/mol. The van der Waals surface area contributed by atoms with Crippen LogP contribution in [0.4, 0.5) is 4.79 Å². The van der Waals surface area contributed by atoms with Crippen molar-refractivity contribution in [3.63, 3.8) is 0 Å². The summed E-state index contributed by atoms with van der Waals surface area (Å²) >= 11 is 0. The van der Waals surface area contributed by atoms with Crippen LogP contribution in [0.1, 0.15) is 51.2 Å². The number of nitrogens with one attached hydrogen (secondary N) is 2. The summed E-state index contributed by atoms with van der Waals surface area (Å²) in [5.74, 6) is -2.53. The monoisotopic (exact) mass is 624 g/mol. The molecule has 3 rings (SSSR count). The second-order valence-corrected chi connectivity index (χ2v) is 12.2. The lowest BCUT2D eigenvalue weighted by atomic mass is 9.99. The summed E-state index contributed by atoms with van der Waals surface area (Å²) in [7, 11) is 3.03. The van der Waals surface area contributed by atoms with Crippen molar-refractivity contribution in [2.45, 2.75) is 82.9 Å². The molecule has 1 aliphatic heterocycles. The van der Waals surface area contributed by atoms with E-state index in [1.54, 1.807) is 69.3 Å². The van der Waals surface area contributed by atoms with Crippen LogP contribution in [0.2, 0.25) is 0 Å². The average molecular weight is 625 g/mol. The number of esters is 1. The predicted octanol–water partition coefficient (Wildman–Crippen LogP) is 2.18. The first-order valence-electron chi connectivity index (χ1n) is 15.0. The number of ether oxygens (including phenoxy) is 2. The van der Waals surface area contributed by atoms with Gasteiger partial charge in [-0.05, 0) is 51.2 Å². The Morgan fingerprint density at radius 1 is 0.956 bits per heavy atom. The molecule has 4 atom stereocenters. The van der Waals surface area contributed by atoms with E-state index in [9.17, 15) is 29.1 Å². The number of likely N-dealkylation sites (tertiary alicyclic amines) is 1. The first-order chi connectivity index (χ1) is 21.2. The van der Waals surface area contributed by atoms with E-state index in [1.807, 2.05) is 12.1 Å². The Kier molecular flexibility index (Phi) is 12.5. The molecule has 12 nitrogen and oxygen atoms in total. The van der Waals surface area contributed by atoms with E-state index in [4.69, 9.17) is 9.47 Å². The molecular formula is C33H44N4O8. The number of aliphatic hydroxyl groups excluding tert-OH is 1. The third-order valence-electron chi connectivity index (χ3n) is 7.17. The summed E-state index contributed by atoms with van der Waals surface area (Å²) in [4.78, 5) is 68.0. The van der Waals surface area contributed by atoms with Crippen molar-refractivity contribution in [2.24, 2.45) is 0 Å². The normalized spacial score (nSPS) is 16.6. The molecule has 0 spiro atoms. The van der Waals surface area contributed by atoms with Gasteiger partial charge in [0.15, 0.2) is 6.10 Å². The quantitative estimate of drug-likeness (QED) is 0.304. The lowest BCUT2D eigenvalue weighted by Crippen LogP contribution is -2.58. The number of amides is 4. The molecule has 4 amide bonds. The Bertz CT molecular complexity index is 1310. The van der Waals surface area contributed by atoms with Gasteiger partial charge in [-0.2, -0.15) is 0 Å². The third kappa shape index (κ3) is 10.9. The predicted molar refractivity (Wildman–Crippen MR) is 166 cm³/mol. The Morgan fingerprint density at radius 3 is 2.13 bits per heavy atom. The number of benzene rings is 2. The zero-order chi connectivity index (χ0) is 33.1. The highest BCUT2D eigenvalue weighted by atomic mass is 16.6. The van der Waals surface area contributed by atoms with Crippen molar-refractivity contribution in [1.82, 2.24) is 20.4 Å². The van der Waals surface area contributed by atoms with Crippen molar-refractivity contribution in [2.75, 3.05) is 20.6 Å². The van der Waals surface area contributed by atoms with E-state index >= 15 is 0 Å². The summed E-state index contributed by atoms with van der Waals surface area (Å²) < 4.78 is 10.8. The molecule has 0 radical (unpaired) electrons. The smallest absolute Gasteiger partial charge is 0.408 e. The van der Waals surface area contributed by atoms with Crippen LogP contribution in [0.3, 0.4) is 0 Å². The van der Waals surface area contributed by atoms with E-state index in [0.717, 1.165) is 11.1 Å². The minimum Gasteiger partial charge on any atom is -0.458 e. The molecule has 45 heavy (non-hydrogen) atoms. The van der Waals surface area contributed by atoms with Gasteiger partial charge < -0.3 is 35.0 Å².